The summed E-state index contributed by atoms with van der Waals surface area (Å²) in [6.07, 6.45) is 0.417. The Kier molecular flexibility index (Phi) is 3.79. The highest BCUT2D eigenvalue weighted by Crippen LogP contribution is 2.28. The van der Waals surface area contributed by atoms with Gasteiger partial charge in [-0.2, -0.15) is 11.8 Å². The molecule has 1 aliphatic heterocycles. The first-order valence-electron chi connectivity index (χ1n) is 6.00. The molecule has 7 nitrogen and oxygen atoms in total. The Bertz CT molecular complexity index is 494. The van der Waals surface area contributed by atoms with E-state index < -0.39 is 17.4 Å². The quantitative estimate of drug-likeness (QED) is 0.748. The van der Waals surface area contributed by atoms with Gasteiger partial charge >= 0.3 is 5.97 Å². The van der Waals surface area contributed by atoms with Gasteiger partial charge in [-0.05, 0) is 12.2 Å². The Labute approximate surface area is 114 Å². The van der Waals surface area contributed by atoms with Gasteiger partial charge in [0.2, 0.25) is 5.82 Å². The fourth-order valence-corrected chi connectivity index (χ4v) is 3.12. The van der Waals surface area contributed by atoms with E-state index in [1.807, 2.05) is 13.8 Å². The maximum Gasteiger partial charge on any atom is 0.330 e. The first-order chi connectivity index (χ1) is 8.94. The third kappa shape index (κ3) is 2.73. The van der Waals surface area contributed by atoms with Crippen LogP contribution in [0.3, 0.4) is 0 Å². The molecule has 1 unspecified atom stereocenters. The minimum absolute atomic E-state index is 0.0128. The molecule has 1 atom stereocenters. The van der Waals surface area contributed by atoms with E-state index in [0.29, 0.717) is 18.0 Å². The number of rotatable bonds is 4. The molecule has 0 aromatic carbocycles. The van der Waals surface area contributed by atoms with Crippen molar-refractivity contribution in [2.24, 2.45) is 0 Å². The van der Waals surface area contributed by atoms with Crippen LogP contribution in [-0.4, -0.2) is 49.2 Å². The molecule has 1 fully saturated rings. The number of hydrogen-bond acceptors (Lipinski definition) is 5. The number of carboxylic acids is 1. The SMILES string of the molecule is CC(C)c1nc(C(=O)NC2(C(=O)O)CCSC2)n[nH]1. The zero-order chi connectivity index (χ0) is 14.0. The summed E-state index contributed by atoms with van der Waals surface area (Å²) in [6.45, 7) is 3.85. The fourth-order valence-electron chi connectivity index (χ4n) is 1.79. The minimum Gasteiger partial charge on any atom is -0.479 e. The Hall–Kier alpha value is -1.57. The molecular weight excluding hydrogens is 268 g/mol. The molecule has 0 aliphatic carbocycles. The molecule has 0 radical (unpaired) electrons. The van der Waals surface area contributed by atoms with Crippen molar-refractivity contribution in [3.8, 4) is 0 Å². The zero-order valence-electron chi connectivity index (χ0n) is 10.8. The Morgan fingerprint density at radius 2 is 2.26 bits per heavy atom. The van der Waals surface area contributed by atoms with Crippen molar-refractivity contribution >= 4 is 23.6 Å². The highest BCUT2D eigenvalue weighted by Gasteiger charge is 2.43. The van der Waals surface area contributed by atoms with Crippen molar-refractivity contribution in [3.05, 3.63) is 11.6 Å². The highest BCUT2D eigenvalue weighted by atomic mass is 32.2. The summed E-state index contributed by atoms with van der Waals surface area (Å²) in [5.41, 5.74) is -1.19. The Balaban J connectivity index is 2.13. The van der Waals surface area contributed by atoms with Crippen LogP contribution in [-0.2, 0) is 4.79 Å². The summed E-state index contributed by atoms with van der Waals surface area (Å²) in [5.74, 6) is 0.257. The van der Waals surface area contributed by atoms with E-state index in [1.165, 1.54) is 11.8 Å². The molecule has 19 heavy (non-hydrogen) atoms. The third-order valence-corrected chi connectivity index (χ3v) is 4.23. The molecule has 1 amide bonds. The van der Waals surface area contributed by atoms with Gasteiger partial charge in [-0.3, -0.25) is 9.89 Å². The molecule has 0 bridgehead atoms. The van der Waals surface area contributed by atoms with Gasteiger partial charge in [0.1, 0.15) is 11.4 Å². The van der Waals surface area contributed by atoms with Crippen LogP contribution in [0.4, 0.5) is 0 Å². The van der Waals surface area contributed by atoms with Crippen molar-refractivity contribution in [1.82, 2.24) is 20.5 Å². The van der Waals surface area contributed by atoms with Crippen LogP contribution < -0.4 is 5.32 Å². The molecule has 0 spiro atoms. The van der Waals surface area contributed by atoms with E-state index in [-0.39, 0.29) is 11.7 Å². The van der Waals surface area contributed by atoms with E-state index in [2.05, 4.69) is 20.5 Å². The lowest BCUT2D eigenvalue weighted by molar-refractivity contribution is -0.143. The molecule has 1 aromatic rings. The number of aliphatic carboxylic acids is 1. The van der Waals surface area contributed by atoms with E-state index in [4.69, 9.17) is 0 Å². The summed E-state index contributed by atoms with van der Waals surface area (Å²) >= 11 is 1.51. The smallest absolute Gasteiger partial charge is 0.330 e. The number of nitrogens with zero attached hydrogens (tertiary/aromatic N) is 2. The van der Waals surface area contributed by atoms with Gasteiger partial charge < -0.3 is 10.4 Å². The fraction of sp³-hybridized carbons (Fsp3) is 0.636. The second-order valence-corrected chi connectivity index (χ2v) is 5.95. The van der Waals surface area contributed by atoms with Crippen molar-refractivity contribution in [2.45, 2.75) is 31.7 Å². The summed E-state index contributed by atoms with van der Waals surface area (Å²) < 4.78 is 0. The van der Waals surface area contributed by atoms with Crippen LogP contribution in [0.1, 0.15) is 42.6 Å². The standard InChI is InChI=1S/C11H16N4O3S/c1-6(2)7-12-8(15-14-7)9(16)13-11(10(17)18)3-4-19-5-11/h6H,3-5H2,1-2H3,(H,13,16)(H,17,18)(H,12,14,15). The number of nitrogens with one attached hydrogen (secondary N) is 2. The second kappa shape index (κ2) is 5.20. The number of carbonyl (C=O) groups is 2. The molecule has 2 heterocycles. The average Bonchev–Trinajstić information content (AvgIpc) is 2.97. The normalized spacial score (nSPS) is 22.7. The average molecular weight is 284 g/mol. The van der Waals surface area contributed by atoms with E-state index in [0.717, 1.165) is 5.75 Å². The lowest BCUT2D eigenvalue weighted by Gasteiger charge is -2.23. The number of carbonyl (C=O) groups excluding carboxylic acids is 1. The number of carboxylic acid groups (broad SMARTS) is 1. The number of amides is 1. The molecule has 1 saturated heterocycles. The topological polar surface area (TPSA) is 108 Å². The number of thioether (sulfide) groups is 1. The molecule has 1 aliphatic rings. The van der Waals surface area contributed by atoms with Gasteiger partial charge in [0.15, 0.2) is 0 Å². The summed E-state index contributed by atoms with van der Waals surface area (Å²) in [7, 11) is 0. The van der Waals surface area contributed by atoms with Crippen LogP contribution in [0.25, 0.3) is 0 Å². The van der Waals surface area contributed by atoms with Crippen molar-refractivity contribution in [1.29, 1.82) is 0 Å². The van der Waals surface area contributed by atoms with Crippen molar-refractivity contribution in [3.63, 3.8) is 0 Å². The second-order valence-electron chi connectivity index (χ2n) is 4.84. The first-order valence-corrected chi connectivity index (χ1v) is 7.16. The van der Waals surface area contributed by atoms with Gasteiger partial charge in [0.25, 0.3) is 5.91 Å². The van der Waals surface area contributed by atoms with Gasteiger partial charge in [-0.15, -0.1) is 5.10 Å². The zero-order valence-corrected chi connectivity index (χ0v) is 11.6. The van der Waals surface area contributed by atoms with Crippen LogP contribution in [0.5, 0.6) is 0 Å². The number of aromatic nitrogens is 3. The van der Waals surface area contributed by atoms with Crippen LogP contribution in [0.15, 0.2) is 0 Å². The number of H-pyrrole nitrogens is 1. The molecule has 8 heteroatoms. The van der Waals surface area contributed by atoms with Gasteiger partial charge in [0.05, 0.1) is 0 Å². The van der Waals surface area contributed by atoms with Crippen LogP contribution in [0, 0.1) is 0 Å². The monoisotopic (exact) mass is 284 g/mol. The Morgan fingerprint density at radius 1 is 1.53 bits per heavy atom. The van der Waals surface area contributed by atoms with E-state index in [9.17, 15) is 14.7 Å². The van der Waals surface area contributed by atoms with Gasteiger partial charge in [-0.25, -0.2) is 9.78 Å². The first kappa shape index (κ1) is 13.9. The number of aromatic amines is 1. The third-order valence-electron chi connectivity index (χ3n) is 3.04. The predicted molar refractivity (Wildman–Crippen MR) is 70.2 cm³/mol. The van der Waals surface area contributed by atoms with Crippen molar-refractivity contribution in [2.75, 3.05) is 11.5 Å². The van der Waals surface area contributed by atoms with Crippen molar-refractivity contribution < 1.29 is 14.7 Å². The number of hydrogen-bond donors (Lipinski definition) is 3. The highest BCUT2D eigenvalue weighted by molar-refractivity contribution is 7.99. The molecular formula is C11H16N4O3S. The van der Waals surface area contributed by atoms with Crippen LogP contribution >= 0.6 is 11.8 Å². The molecule has 104 valence electrons. The minimum atomic E-state index is -1.19. The van der Waals surface area contributed by atoms with Crippen LogP contribution in [0.2, 0.25) is 0 Å². The lowest BCUT2D eigenvalue weighted by Crippen LogP contribution is -2.55. The summed E-state index contributed by atoms with van der Waals surface area (Å²) in [5, 5.41) is 18.3. The molecule has 1 aromatic heterocycles. The predicted octanol–water partition coefficient (Wildman–Crippen LogP) is 0.618. The molecule has 0 saturated carbocycles. The Morgan fingerprint density at radius 3 is 2.74 bits per heavy atom. The van der Waals surface area contributed by atoms with E-state index >= 15 is 0 Å². The summed E-state index contributed by atoms with van der Waals surface area (Å²) in [4.78, 5) is 27.4. The largest absolute Gasteiger partial charge is 0.479 e. The van der Waals surface area contributed by atoms with Gasteiger partial charge in [0, 0.05) is 11.7 Å². The molecule has 2 rings (SSSR count). The molecule has 3 N–H and O–H groups in total. The summed E-state index contributed by atoms with van der Waals surface area (Å²) in [6, 6.07) is 0. The van der Waals surface area contributed by atoms with Gasteiger partial charge in [-0.1, -0.05) is 13.8 Å². The van der Waals surface area contributed by atoms with E-state index in [1.54, 1.807) is 0 Å². The maximum absolute atomic E-state index is 12.0. The maximum atomic E-state index is 12.0. The lowest BCUT2D eigenvalue weighted by atomic mass is 9.99.